The largest absolute Gasteiger partial charge is 0.349 e. The number of carbonyl (C=O) groups excluding carboxylic acids is 3. The molecule has 0 fully saturated rings. The van der Waals surface area contributed by atoms with Crippen LogP contribution in [0.2, 0.25) is 0 Å². The number of hydrazine groups is 1. The maximum absolute atomic E-state index is 12.8. The fourth-order valence-electron chi connectivity index (χ4n) is 2.22. The van der Waals surface area contributed by atoms with E-state index in [0.29, 0.717) is 0 Å². The summed E-state index contributed by atoms with van der Waals surface area (Å²) in [7, 11) is 0. The first-order valence-corrected chi connectivity index (χ1v) is 7.62. The van der Waals surface area contributed by atoms with Crippen molar-refractivity contribution in [3.63, 3.8) is 0 Å². The molecule has 0 aliphatic carbocycles. The van der Waals surface area contributed by atoms with Crippen molar-refractivity contribution in [3.05, 3.63) is 71.5 Å². The lowest BCUT2D eigenvalue weighted by Crippen LogP contribution is -2.43. The van der Waals surface area contributed by atoms with Crippen molar-refractivity contribution >= 4 is 17.7 Å². The van der Waals surface area contributed by atoms with E-state index in [1.165, 1.54) is 19.1 Å². The highest BCUT2D eigenvalue weighted by atomic mass is 19.1. The Balaban J connectivity index is 1.93. The van der Waals surface area contributed by atoms with Crippen molar-refractivity contribution in [1.82, 2.24) is 16.2 Å². The van der Waals surface area contributed by atoms with Gasteiger partial charge in [-0.15, -0.1) is 0 Å². The first kappa shape index (κ1) is 18.1. The molecular weight excluding hydrogens is 325 g/mol. The van der Waals surface area contributed by atoms with Gasteiger partial charge in [-0.1, -0.05) is 30.3 Å². The third-order valence-corrected chi connectivity index (χ3v) is 3.39. The summed E-state index contributed by atoms with van der Waals surface area (Å²) in [5.41, 5.74) is 5.53. The summed E-state index contributed by atoms with van der Waals surface area (Å²) < 4.78 is 12.8. The minimum absolute atomic E-state index is 0.0483. The second-order valence-corrected chi connectivity index (χ2v) is 5.38. The minimum atomic E-state index is -0.566. The van der Waals surface area contributed by atoms with Crippen molar-refractivity contribution in [2.75, 3.05) is 0 Å². The Morgan fingerprint density at radius 2 is 1.60 bits per heavy atom. The van der Waals surface area contributed by atoms with E-state index in [0.717, 1.165) is 17.7 Å². The number of hydrogen-bond donors (Lipinski definition) is 3. The van der Waals surface area contributed by atoms with Gasteiger partial charge in [0.1, 0.15) is 5.82 Å². The summed E-state index contributed by atoms with van der Waals surface area (Å²) >= 11 is 0. The second kappa shape index (κ2) is 8.58. The quantitative estimate of drug-likeness (QED) is 0.724. The van der Waals surface area contributed by atoms with Gasteiger partial charge in [-0.3, -0.25) is 25.2 Å². The Morgan fingerprint density at radius 1 is 0.960 bits per heavy atom. The van der Waals surface area contributed by atoms with Crippen LogP contribution in [0.25, 0.3) is 0 Å². The van der Waals surface area contributed by atoms with Crippen molar-refractivity contribution in [3.8, 4) is 0 Å². The zero-order valence-electron chi connectivity index (χ0n) is 13.6. The van der Waals surface area contributed by atoms with Gasteiger partial charge < -0.3 is 5.32 Å². The first-order chi connectivity index (χ1) is 12.0. The fourth-order valence-corrected chi connectivity index (χ4v) is 2.22. The number of carbonyl (C=O) groups is 3. The van der Waals surface area contributed by atoms with Gasteiger partial charge in [0.25, 0.3) is 5.91 Å². The fraction of sp³-hybridized carbons (Fsp3) is 0.167. The third kappa shape index (κ3) is 5.72. The van der Waals surface area contributed by atoms with Gasteiger partial charge in [-0.05, 0) is 29.8 Å². The molecule has 0 aliphatic heterocycles. The molecule has 0 bridgehead atoms. The van der Waals surface area contributed by atoms with Crippen LogP contribution in [0.5, 0.6) is 0 Å². The van der Waals surface area contributed by atoms with Crippen LogP contribution in [0.15, 0.2) is 54.6 Å². The van der Waals surface area contributed by atoms with E-state index in [1.54, 1.807) is 24.3 Å². The number of benzene rings is 2. The Morgan fingerprint density at radius 3 is 2.20 bits per heavy atom. The molecule has 7 heteroatoms. The summed E-state index contributed by atoms with van der Waals surface area (Å²) in [4.78, 5) is 35.3. The monoisotopic (exact) mass is 343 g/mol. The molecule has 0 saturated carbocycles. The van der Waals surface area contributed by atoms with Gasteiger partial charge in [-0.25, -0.2) is 4.39 Å². The Bertz CT molecular complexity index is 748. The topological polar surface area (TPSA) is 87.3 Å². The summed E-state index contributed by atoms with van der Waals surface area (Å²) in [6.07, 6.45) is -0.0483. The van der Waals surface area contributed by atoms with Crippen LogP contribution in [-0.4, -0.2) is 17.7 Å². The number of halogens is 1. The standard InChI is InChI=1S/C18H18FN3O3/c1-12(23)20-16(13-5-3-2-4-6-13)11-17(24)21-22-18(25)14-7-9-15(19)10-8-14/h2-10,16H,11H2,1H3,(H,20,23)(H,21,24)(H,22,25)/t16-/m0/s1. The van der Waals surface area contributed by atoms with Crippen molar-refractivity contribution in [2.45, 2.75) is 19.4 Å². The van der Waals surface area contributed by atoms with Crippen molar-refractivity contribution in [2.24, 2.45) is 0 Å². The molecule has 0 unspecified atom stereocenters. The minimum Gasteiger partial charge on any atom is -0.349 e. The van der Waals surface area contributed by atoms with Gasteiger partial charge in [0.15, 0.2) is 0 Å². The molecule has 0 aliphatic rings. The predicted molar refractivity (Wildman–Crippen MR) is 89.6 cm³/mol. The average Bonchev–Trinajstić information content (AvgIpc) is 2.60. The highest BCUT2D eigenvalue weighted by Gasteiger charge is 2.17. The molecule has 0 heterocycles. The Kier molecular flexibility index (Phi) is 6.22. The van der Waals surface area contributed by atoms with Crippen LogP contribution >= 0.6 is 0 Å². The SMILES string of the molecule is CC(=O)N[C@@H](CC(=O)NNC(=O)c1ccc(F)cc1)c1ccccc1. The van der Waals surface area contributed by atoms with Crippen LogP contribution in [0.4, 0.5) is 4.39 Å². The zero-order chi connectivity index (χ0) is 18.2. The van der Waals surface area contributed by atoms with Gasteiger partial charge in [0.05, 0.1) is 12.5 Å². The maximum Gasteiger partial charge on any atom is 0.269 e. The van der Waals surface area contributed by atoms with Gasteiger partial charge in [-0.2, -0.15) is 0 Å². The highest BCUT2D eigenvalue weighted by Crippen LogP contribution is 2.16. The summed E-state index contributed by atoms with van der Waals surface area (Å²) in [5, 5.41) is 2.70. The summed E-state index contributed by atoms with van der Waals surface area (Å²) in [5.74, 6) is -1.76. The van der Waals surface area contributed by atoms with Gasteiger partial charge >= 0.3 is 0 Å². The van der Waals surface area contributed by atoms with E-state index >= 15 is 0 Å². The maximum atomic E-state index is 12.8. The number of rotatable bonds is 5. The lowest BCUT2D eigenvalue weighted by atomic mass is 10.0. The molecule has 0 radical (unpaired) electrons. The Labute approximate surface area is 144 Å². The van der Waals surface area contributed by atoms with Crippen molar-refractivity contribution in [1.29, 1.82) is 0 Å². The number of hydrogen-bond acceptors (Lipinski definition) is 3. The average molecular weight is 343 g/mol. The van der Waals surface area contributed by atoms with Crippen LogP contribution in [0, 0.1) is 5.82 Å². The van der Waals surface area contributed by atoms with E-state index in [9.17, 15) is 18.8 Å². The molecule has 2 aromatic rings. The van der Waals surface area contributed by atoms with E-state index in [1.807, 2.05) is 6.07 Å². The third-order valence-electron chi connectivity index (χ3n) is 3.39. The van der Waals surface area contributed by atoms with Crippen LogP contribution in [0.1, 0.15) is 35.3 Å². The van der Waals surface area contributed by atoms with E-state index in [2.05, 4.69) is 16.2 Å². The predicted octanol–water partition coefficient (Wildman–Crippen LogP) is 1.85. The molecule has 0 spiro atoms. The second-order valence-electron chi connectivity index (χ2n) is 5.38. The molecule has 25 heavy (non-hydrogen) atoms. The summed E-state index contributed by atoms with van der Waals surface area (Å²) in [6.45, 7) is 1.37. The molecule has 3 amide bonds. The highest BCUT2D eigenvalue weighted by molar-refractivity contribution is 5.95. The van der Waals surface area contributed by atoms with Crippen LogP contribution < -0.4 is 16.2 Å². The summed E-state index contributed by atoms with van der Waals surface area (Å²) in [6, 6.07) is 13.4. The molecule has 0 aromatic heterocycles. The molecule has 3 N–H and O–H groups in total. The molecule has 0 saturated heterocycles. The van der Waals surface area contributed by atoms with E-state index in [-0.39, 0.29) is 17.9 Å². The van der Waals surface area contributed by atoms with E-state index in [4.69, 9.17) is 0 Å². The van der Waals surface area contributed by atoms with Crippen molar-refractivity contribution < 1.29 is 18.8 Å². The van der Waals surface area contributed by atoms with Gasteiger partial charge in [0.2, 0.25) is 11.8 Å². The smallest absolute Gasteiger partial charge is 0.269 e. The van der Waals surface area contributed by atoms with Crippen LogP contribution in [0.3, 0.4) is 0 Å². The lowest BCUT2D eigenvalue weighted by molar-refractivity contribution is -0.123. The number of nitrogens with one attached hydrogen (secondary N) is 3. The molecule has 6 nitrogen and oxygen atoms in total. The van der Waals surface area contributed by atoms with Gasteiger partial charge in [0, 0.05) is 12.5 Å². The number of amides is 3. The zero-order valence-corrected chi connectivity index (χ0v) is 13.6. The molecule has 2 aromatic carbocycles. The van der Waals surface area contributed by atoms with E-state index < -0.39 is 23.7 Å². The molecule has 1 atom stereocenters. The molecule has 2 rings (SSSR count). The first-order valence-electron chi connectivity index (χ1n) is 7.62. The lowest BCUT2D eigenvalue weighted by Gasteiger charge is -2.18. The Hall–Kier alpha value is -3.22. The molecular formula is C18H18FN3O3. The van der Waals surface area contributed by atoms with Crippen LogP contribution in [-0.2, 0) is 9.59 Å². The molecule has 130 valence electrons. The normalized spacial score (nSPS) is 11.3.